The minimum Gasteiger partial charge on any atom is -0.364 e. The van der Waals surface area contributed by atoms with Gasteiger partial charge in [-0.1, -0.05) is 11.8 Å². The maximum Gasteiger partial charge on any atom is 0.156 e. The van der Waals surface area contributed by atoms with Crippen molar-refractivity contribution in [2.24, 2.45) is 4.99 Å². The Kier molecular flexibility index (Phi) is 10.1. The normalized spacial score (nSPS) is 11.8. The summed E-state index contributed by atoms with van der Waals surface area (Å²) < 4.78 is 0. The van der Waals surface area contributed by atoms with E-state index in [1.165, 1.54) is 10.0 Å². The minimum atomic E-state index is 0.853. The molecule has 2 aromatic heterocycles. The third-order valence-electron chi connectivity index (χ3n) is 2.63. The van der Waals surface area contributed by atoms with Gasteiger partial charge in [0.05, 0.1) is 6.54 Å². The molecule has 0 saturated heterocycles. The molecule has 2 aromatic rings. The molecule has 0 bridgehead atoms. The van der Waals surface area contributed by atoms with E-state index in [2.05, 4.69) is 26.5 Å². The van der Waals surface area contributed by atoms with Crippen LogP contribution in [0, 0.1) is 0 Å². The molecule has 0 aliphatic rings. The van der Waals surface area contributed by atoms with Crippen LogP contribution in [0.25, 0.3) is 0 Å². The smallest absolute Gasteiger partial charge is 0.156 e. The third kappa shape index (κ3) is 8.44. The summed E-state index contributed by atoms with van der Waals surface area (Å²) in [5, 5.41) is 10.9. The summed E-state index contributed by atoms with van der Waals surface area (Å²) in [5.41, 5.74) is 0. The van der Waals surface area contributed by atoms with Crippen molar-refractivity contribution in [1.29, 1.82) is 0 Å². The SMILES string of the molecule is CSC(=NCCSCc1nccs1)NCCSCc1nccs1. The fourth-order valence-corrected chi connectivity index (χ4v) is 5.17. The zero-order valence-electron chi connectivity index (χ0n) is 12.9. The lowest BCUT2D eigenvalue weighted by Gasteiger charge is -2.07. The summed E-state index contributed by atoms with van der Waals surface area (Å²) in [4.78, 5) is 13.2. The van der Waals surface area contributed by atoms with Crippen LogP contribution in [0.3, 0.4) is 0 Å². The van der Waals surface area contributed by atoms with Gasteiger partial charge in [-0.15, -0.1) is 22.7 Å². The van der Waals surface area contributed by atoms with Gasteiger partial charge in [-0.05, 0) is 6.26 Å². The van der Waals surface area contributed by atoms with E-state index in [4.69, 9.17) is 0 Å². The van der Waals surface area contributed by atoms with Crippen molar-refractivity contribution < 1.29 is 0 Å². The van der Waals surface area contributed by atoms with Crippen molar-refractivity contribution in [3.8, 4) is 0 Å². The number of aliphatic imine (C=N–C) groups is 1. The van der Waals surface area contributed by atoms with E-state index >= 15 is 0 Å². The predicted octanol–water partition coefficient (Wildman–Crippen LogP) is 4.07. The molecular weight excluding hydrogens is 385 g/mol. The van der Waals surface area contributed by atoms with Crippen LogP contribution in [-0.4, -0.2) is 46.0 Å². The number of hydrogen-bond donors (Lipinski definition) is 1. The van der Waals surface area contributed by atoms with Crippen LogP contribution in [-0.2, 0) is 11.5 Å². The Morgan fingerprint density at radius 1 is 1.09 bits per heavy atom. The second-order valence-corrected chi connectivity index (χ2v) is 9.24. The van der Waals surface area contributed by atoms with Gasteiger partial charge in [-0.2, -0.15) is 23.5 Å². The molecule has 23 heavy (non-hydrogen) atoms. The van der Waals surface area contributed by atoms with E-state index in [-0.39, 0.29) is 0 Å². The van der Waals surface area contributed by atoms with Gasteiger partial charge in [-0.25, -0.2) is 9.97 Å². The molecule has 126 valence electrons. The van der Waals surface area contributed by atoms with Gasteiger partial charge in [0.1, 0.15) is 10.0 Å². The van der Waals surface area contributed by atoms with Crippen LogP contribution in [0.2, 0.25) is 0 Å². The van der Waals surface area contributed by atoms with Crippen LogP contribution in [0.15, 0.2) is 28.1 Å². The molecule has 0 aliphatic heterocycles. The van der Waals surface area contributed by atoms with Crippen LogP contribution in [0.1, 0.15) is 10.0 Å². The van der Waals surface area contributed by atoms with Gasteiger partial charge in [0, 0.05) is 52.7 Å². The van der Waals surface area contributed by atoms with Crippen LogP contribution < -0.4 is 5.32 Å². The molecule has 0 amide bonds. The maximum absolute atomic E-state index is 4.62. The molecule has 0 fully saturated rings. The van der Waals surface area contributed by atoms with Crippen molar-refractivity contribution in [3.05, 3.63) is 33.2 Å². The molecule has 0 saturated carbocycles. The van der Waals surface area contributed by atoms with Crippen molar-refractivity contribution in [2.75, 3.05) is 30.9 Å². The van der Waals surface area contributed by atoms with Crippen LogP contribution >= 0.6 is 58.0 Å². The highest BCUT2D eigenvalue weighted by Crippen LogP contribution is 2.14. The summed E-state index contributed by atoms with van der Waals surface area (Å²) >= 11 is 8.91. The van der Waals surface area contributed by atoms with E-state index in [1.807, 2.05) is 46.7 Å². The highest BCUT2D eigenvalue weighted by atomic mass is 32.2. The highest BCUT2D eigenvalue weighted by Gasteiger charge is 1.99. The molecule has 0 radical (unpaired) electrons. The first-order valence-corrected chi connectivity index (χ1v) is 12.4. The van der Waals surface area contributed by atoms with E-state index in [0.717, 1.165) is 41.3 Å². The van der Waals surface area contributed by atoms with Gasteiger partial charge in [0.25, 0.3) is 0 Å². The molecule has 0 aromatic carbocycles. The van der Waals surface area contributed by atoms with E-state index < -0.39 is 0 Å². The molecule has 0 aliphatic carbocycles. The first kappa shape index (κ1) is 19.1. The summed E-state index contributed by atoms with van der Waals surface area (Å²) in [5.74, 6) is 4.09. The summed E-state index contributed by atoms with van der Waals surface area (Å²) in [6.07, 6.45) is 5.79. The Balaban J connectivity index is 1.51. The Morgan fingerprint density at radius 3 is 2.30 bits per heavy atom. The Morgan fingerprint density at radius 2 is 1.74 bits per heavy atom. The number of aromatic nitrogens is 2. The average Bonchev–Trinajstić information content (AvgIpc) is 3.26. The van der Waals surface area contributed by atoms with Crippen molar-refractivity contribution in [3.63, 3.8) is 0 Å². The van der Waals surface area contributed by atoms with Crippen molar-refractivity contribution in [1.82, 2.24) is 15.3 Å². The number of nitrogens with zero attached hydrogens (tertiary/aromatic N) is 3. The summed E-state index contributed by atoms with van der Waals surface area (Å²) in [6.45, 7) is 1.80. The molecule has 9 heteroatoms. The minimum absolute atomic E-state index is 0.853. The zero-order valence-corrected chi connectivity index (χ0v) is 17.0. The highest BCUT2D eigenvalue weighted by molar-refractivity contribution is 8.13. The number of thioether (sulfide) groups is 3. The Hall–Kier alpha value is -0.220. The lowest BCUT2D eigenvalue weighted by Crippen LogP contribution is -2.23. The van der Waals surface area contributed by atoms with Gasteiger partial charge >= 0.3 is 0 Å². The fraction of sp³-hybridized carbons (Fsp3) is 0.500. The second kappa shape index (κ2) is 12.2. The van der Waals surface area contributed by atoms with Crippen molar-refractivity contribution >= 4 is 63.1 Å². The maximum atomic E-state index is 4.62. The molecule has 2 heterocycles. The average molecular weight is 405 g/mol. The van der Waals surface area contributed by atoms with E-state index in [9.17, 15) is 0 Å². The number of thiazole rings is 2. The molecular formula is C14H20N4S5. The standard InChI is InChI=1S/C14H20N4S5/c1-19-14(17-2-6-20-10-12-15-4-8-22-12)18-3-7-21-11-13-16-5-9-23-13/h4-5,8-9H,2-3,6-7,10-11H2,1H3,(H,17,18). The predicted molar refractivity (Wildman–Crippen MR) is 110 cm³/mol. The molecule has 0 atom stereocenters. The van der Waals surface area contributed by atoms with Gasteiger partial charge in [0.15, 0.2) is 5.17 Å². The lowest BCUT2D eigenvalue weighted by atomic mass is 10.7. The third-order valence-corrected chi connectivity index (χ3v) is 7.13. The summed E-state index contributed by atoms with van der Waals surface area (Å²) in [7, 11) is 0. The lowest BCUT2D eigenvalue weighted by molar-refractivity contribution is 0.975. The number of amidine groups is 1. The largest absolute Gasteiger partial charge is 0.364 e. The number of nitrogens with one attached hydrogen (secondary N) is 1. The Bertz CT molecular complexity index is 542. The fourth-order valence-electron chi connectivity index (χ4n) is 1.60. The monoisotopic (exact) mass is 404 g/mol. The number of hydrogen-bond acceptors (Lipinski definition) is 8. The van der Waals surface area contributed by atoms with Crippen LogP contribution in [0.5, 0.6) is 0 Å². The van der Waals surface area contributed by atoms with Crippen LogP contribution in [0.4, 0.5) is 0 Å². The zero-order chi connectivity index (χ0) is 16.2. The van der Waals surface area contributed by atoms with E-state index in [0.29, 0.717) is 0 Å². The van der Waals surface area contributed by atoms with Crippen molar-refractivity contribution in [2.45, 2.75) is 11.5 Å². The first-order valence-electron chi connectivity index (χ1n) is 7.13. The molecule has 2 rings (SSSR count). The molecule has 0 spiro atoms. The van der Waals surface area contributed by atoms with E-state index in [1.54, 1.807) is 34.4 Å². The second-order valence-electron chi connectivity index (χ2n) is 4.27. The molecule has 4 nitrogen and oxygen atoms in total. The first-order chi connectivity index (χ1) is 11.4. The molecule has 0 unspecified atom stereocenters. The molecule has 1 N–H and O–H groups in total. The van der Waals surface area contributed by atoms with Gasteiger partial charge < -0.3 is 5.32 Å². The van der Waals surface area contributed by atoms with Gasteiger partial charge in [-0.3, -0.25) is 4.99 Å². The van der Waals surface area contributed by atoms with Gasteiger partial charge in [0.2, 0.25) is 0 Å². The number of rotatable bonds is 10. The topological polar surface area (TPSA) is 50.2 Å². The summed E-state index contributed by atoms with van der Waals surface area (Å²) in [6, 6.07) is 0. The Labute approximate surface area is 158 Å². The quantitative estimate of drug-likeness (QED) is 0.366.